The number of likely N-dealkylation sites (N-methyl/N-ethyl adjacent to an activating group) is 1. The molecule has 1 aliphatic heterocycles. The molecule has 0 N–H and O–H groups in total. The van der Waals surface area contributed by atoms with Crippen molar-refractivity contribution in [2.24, 2.45) is 0 Å². The molecule has 6 nitrogen and oxygen atoms in total. The van der Waals surface area contributed by atoms with Gasteiger partial charge in [0.05, 0.1) is 22.8 Å². The second-order valence-electron chi connectivity index (χ2n) is 7.48. The van der Waals surface area contributed by atoms with Gasteiger partial charge in [0.15, 0.2) is 0 Å². The van der Waals surface area contributed by atoms with Crippen LogP contribution in [0.5, 0.6) is 0 Å². The number of nitrogens with zero attached hydrogens (tertiary/aromatic N) is 4. The van der Waals surface area contributed by atoms with Gasteiger partial charge in [-0.25, -0.2) is 4.98 Å². The number of aryl methyl sites for hydroxylation is 2. The topological polar surface area (TPSA) is 56.8 Å². The van der Waals surface area contributed by atoms with Crippen LogP contribution in [0.1, 0.15) is 11.1 Å². The minimum atomic E-state index is 0.100. The molecule has 150 valence electrons. The highest BCUT2D eigenvalue weighted by atomic mass is 32.2. The molecule has 0 saturated carbocycles. The van der Waals surface area contributed by atoms with E-state index < -0.39 is 0 Å². The SMILES string of the molecule is Cc1cc(SCC(=O)N2CCN(CC(=O)N(C)C)CC2)nc2c(C)cccc12. The molecule has 2 heterocycles. The Morgan fingerprint density at radius 3 is 2.50 bits per heavy atom. The zero-order chi connectivity index (χ0) is 20.3. The fourth-order valence-electron chi connectivity index (χ4n) is 3.32. The molecule has 1 aromatic carbocycles. The van der Waals surface area contributed by atoms with Crippen molar-refractivity contribution >= 4 is 34.5 Å². The third-order valence-electron chi connectivity index (χ3n) is 5.15. The lowest BCUT2D eigenvalue weighted by Gasteiger charge is -2.34. The Balaban J connectivity index is 1.54. The van der Waals surface area contributed by atoms with Crippen LogP contribution in [0, 0.1) is 13.8 Å². The van der Waals surface area contributed by atoms with Gasteiger partial charge in [0.1, 0.15) is 0 Å². The van der Waals surface area contributed by atoms with Crippen LogP contribution in [0.4, 0.5) is 0 Å². The van der Waals surface area contributed by atoms with Gasteiger partial charge in [-0.3, -0.25) is 14.5 Å². The smallest absolute Gasteiger partial charge is 0.236 e. The molecule has 28 heavy (non-hydrogen) atoms. The van der Waals surface area contributed by atoms with E-state index in [9.17, 15) is 9.59 Å². The second-order valence-corrected chi connectivity index (χ2v) is 8.48. The Hall–Kier alpha value is -2.12. The number of thioether (sulfide) groups is 1. The number of aromatic nitrogens is 1. The average molecular weight is 401 g/mol. The molecule has 1 aliphatic rings. The van der Waals surface area contributed by atoms with Crippen molar-refractivity contribution in [3.8, 4) is 0 Å². The molecule has 3 rings (SSSR count). The Morgan fingerprint density at radius 1 is 1.11 bits per heavy atom. The summed E-state index contributed by atoms with van der Waals surface area (Å²) in [5.41, 5.74) is 3.34. The van der Waals surface area contributed by atoms with Crippen molar-refractivity contribution < 1.29 is 9.59 Å². The first-order valence-corrected chi connectivity index (χ1v) is 10.5. The first-order chi connectivity index (χ1) is 13.3. The normalized spacial score (nSPS) is 15.1. The number of benzene rings is 1. The van der Waals surface area contributed by atoms with Crippen molar-refractivity contribution in [3.63, 3.8) is 0 Å². The van der Waals surface area contributed by atoms with Gasteiger partial charge in [0, 0.05) is 45.7 Å². The highest BCUT2D eigenvalue weighted by Crippen LogP contribution is 2.25. The van der Waals surface area contributed by atoms with Gasteiger partial charge in [-0.15, -0.1) is 0 Å². The van der Waals surface area contributed by atoms with Crippen molar-refractivity contribution in [1.82, 2.24) is 19.7 Å². The highest BCUT2D eigenvalue weighted by molar-refractivity contribution is 7.99. The Kier molecular flexibility index (Phi) is 6.57. The van der Waals surface area contributed by atoms with Crippen molar-refractivity contribution in [2.45, 2.75) is 18.9 Å². The molecule has 2 amide bonds. The van der Waals surface area contributed by atoms with E-state index in [1.165, 1.54) is 22.7 Å². The zero-order valence-corrected chi connectivity index (χ0v) is 17.9. The lowest BCUT2D eigenvalue weighted by atomic mass is 10.1. The highest BCUT2D eigenvalue weighted by Gasteiger charge is 2.23. The van der Waals surface area contributed by atoms with Crippen LogP contribution in [0.15, 0.2) is 29.3 Å². The van der Waals surface area contributed by atoms with Gasteiger partial charge >= 0.3 is 0 Å². The van der Waals surface area contributed by atoms with Gasteiger partial charge in [0.2, 0.25) is 11.8 Å². The van der Waals surface area contributed by atoms with E-state index >= 15 is 0 Å². The van der Waals surface area contributed by atoms with E-state index in [-0.39, 0.29) is 11.8 Å². The maximum Gasteiger partial charge on any atom is 0.236 e. The Morgan fingerprint density at radius 2 is 1.82 bits per heavy atom. The molecule has 0 spiro atoms. The van der Waals surface area contributed by atoms with E-state index in [1.807, 2.05) is 4.90 Å². The molecule has 0 aliphatic carbocycles. The number of carbonyl (C=O) groups excluding carboxylic acids is 2. The third kappa shape index (κ3) is 4.83. The summed E-state index contributed by atoms with van der Waals surface area (Å²) < 4.78 is 0. The summed E-state index contributed by atoms with van der Waals surface area (Å²) in [7, 11) is 3.53. The summed E-state index contributed by atoms with van der Waals surface area (Å²) in [5, 5.41) is 2.06. The van der Waals surface area contributed by atoms with Crippen molar-refractivity contribution in [3.05, 3.63) is 35.4 Å². The molecular weight excluding hydrogens is 372 g/mol. The molecule has 1 fully saturated rings. The summed E-state index contributed by atoms with van der Waals surface area (Å²) in [5.74, 6) is 0.622. The molecule has 0 radical (unpaired) electrons. The molecule has 0 atom stereocenters. The van der Waals surface area contributed by atoms with Gasteiger partial charge in [-0.2, -0.15) is 0 Å². The number of para-hydroxylation sites is 1. The van der Waals surface area contributed by atoms with Gasteiger partial charge < -0.3 is 9.80 Å². The van der Waals surface area contributed by atoms with Crippen LogP contribution >= 0.6 is 11.8 Å². The van der Waals surface area contributed by atoms with Crippen LogP contribution in [0.3, 0.4) is 0 Å². The van der Waals surface area contributed by atoms with Crippen LogP contribution in [-0.2, 0) is 9.59 Å². The van der Waals surface area contributed by atoms with Gasteiger partial charge in [-0.1, -0.05) is 30.0 Å². The van der Waals surface area contributed by atoms with Crippen LogP contribution in [-0.4, -0.2) is 84.1 Å². The zero-order valence-electron chi connectivity index (χ0n) is 17.1. The number of hydrogen-bond donors (Lipinski definition) is 0. The van der Waals surface area contributed by atoms with Gasteiger partial charge in [-0.05, 0) is 31.0 Å². The van der Waals surface area contributed by atoms with Crippen molar-refractivity contribution in [2.75, 3.05) is 52.6 Å². The largest absolute Gasteiger partial charge is 0.348 e. The minimum absolute atomic E-state index is 0.100. The van der Waals surface area contributed by atoms with Crippen LogP contribution in [0.2, 0.25) is 0 Å². The lowest BCUT2D eigenvalue weighted by Crippen LogP contribution is -2.51. The summed E-state index contributed by atoms with van der Waals surface area (Å²) in [6.07, 6.45) is 0. The Bertz CT molecular complexity index is 876. The van der Waals surface area contributed by atoms with Crippen molar-refractivity contribution in [1.29, 1.82) is 0 Å². The molecule has 7 heteroatoms. The molecule has 1 saturated heterocycles. The number of pyridine rings is 1. The van der Waals surface area contributed by atoms with E-state index in [1.54, 1.807) is 19.0 Å². The van der Waals surface area contributed by atoms with Gasteiger partial charge in [0.25, 0.3) is 0 Å². The molecule has 2 aromatic rings. The monoisotopic (exact) mass is 400 g/mol. The fraction of sp³-hybridized carbons (Fsp3) is 0.476. The number of carbonyl (C=O) groups is 2. The molecule has 1 aromatic heterocycles. The number of amides is 2. The first-order valence-electron chi connectivity index (χ1n) is 9.55. The average Bonchev–Trinajstić information content (AvgIpc) is 2.67. The minimum Gasteiger partial charge on any atom is -0.348 e. The Labute approximate surface area is 170 Å². The van der Waals surface area contributed by atoms with E-state index in [0.717, 1.165) is 29.2 Å². The maximum atomic E-state index is 12.6. The summed E-state index contributed by atoms with van der Waals surface area (Å²) in [6, 6.07) is 8.26. The number of piperazine rings is 1. The second kappa shape index (κ2) is 8.92. The fourth-order valence-corrected chi connectivity index (χ4v) is 4.19. The molecular formula is C21H28N4O2S. The lowest BCUT2D eigenvalue weighted by molar-refractivity contribution is -0.132. The first kappa shape index (κ1) is 20.6. The molecule has 0 bridgehead atoms. The predicted molar refractivity (Wildman–Crippen MR) is 114 cm³/mol. The number of rotatable bonds is 5. The maximum absolute atomic E-state index is 12.6. The number of fused-ring (bicyclic) bond motifs is 1. The summed E-state index contributed by atoms with van der Waals surface area (Å²) in [6.45, 7) is 7.39. The predicted octanol–water partition coefficient (Wildman–Crippen LogP) is 2.18. The molecule has 0 unspecified atom stereocenters. The quantitative estimate of drug-likeness (QED) is 0.720. The third-order valence-corrected chi connectivity index (χ3v) is 6.05. The summed E-state index contributed by atoms with van der Waals surface area (Å²) in [4.78, 5) is 34.8. The van der Waals surface area contributed by atoms with Crippen LogP contribution < -0.4 is 0 Å². The standard InChI is InChI=1S/C21H28N4O2S/c1-15-6-5-7-17-16(2)12-18(22-21(15)17)28-14-20(27)25-10-8-24(9-11-25)13-19(26)23(3)4/h5-7,12H,8-11,13-14H2,1-4H3. The van der Waals surface area contributed by atoms with E-state index in [2.05, 4.69) is 43.0 Å². The van der Waals surface area contributed by atoms with E-state index in [0.29, 0.717) is 25.4 Å². The van der Waals surface area contributed by atoms with E-state index in [4.69, 9.17) is 4.98 Å². The number of hydrogen-bond acceptors (Lipinski definition) is 5. The summed E-state index contributed by atoms with van der Waals surface area (Å²) >= 11 is 1.50. The van der Waals surface area contributed by atoms with Crippen LogP contribution in [0.25, 0.3) is 10.9 Å².